The van der Waals surface area contributed by atoms with Gasteiger partial charge >= 0.3 is 17.9 Å². The molecule has 4 atom stereocenters. The predicted molar refractivity (Wildman–Crippen MR) is 331 cm³/mol. The standard InChI is InChI=1S/C70H80N3O13P/c1-45(2)73(46(3)4)87(81-38-20-37-71)86-55-41-52(44-80-69(49-22-14-13-15-23-49,50-28-32-53(78-11)33-29-50)51-30-34-54(79-12)35-31-51)72(43-55)63(74)26-19-16-21-47-39-59-62(42-60(47)83-66(77)67(5,6)7)82-61-40-48(64(75)84-68(8,9)10)27-36-58(61)70(59)57-25-18-17-24-56(57)65(76)85-70/h13-15,17-18,22-25,27-36,39-40,42,45-46,52,55H,16,19-21,26,38,41,43-44H2,1-12H3/t52-,55+,70?,87?/m0/s1. The lowest BCUT2D eigenvalue weighted by atomic mass is 9.76. The van der Waals surface area contributed by atoms with Gasteiger partial charge in [0, 0.05) is 47.8 Å². The van der Waals surface area contributed by atoms with Crippen LogP contribution in [0.25, 0.3) is 0 Å². The highest BCUT2D eigenvalue weighted by Crippen LogP contribution is 2.58. The molecule has 9 rings (SSSR count). The molecule has 6 aromatic rings. The number of rotatable bonds is 23. The van der Waals surface area contributed by atoms with Crippen LogP contribution < -0.4 is 18.9 Å². The third kappa shape index (κ3) is 13.7. The molecule has 0 bridgehead atoms. The van der Waals surface area contributed by atoms with Crippen LogP contribution >= 0.6 is 8.53 Å². The molecule has 6 aromatic carbocycles. The van der Waals surface area contributed by atoms with E-state index in [1.807, 2.05) is 102 Å². The van der Waals surface area contributed by atoms with Crippen molar-refractivity contribution in [1.29, 1.82) is 5.26 Å². The SMILES string of the molecule is COc1ccc(C(OC[C@@H]2C[C@@H](OP(OCCC#N)N(C(C)C)C(C)C)CN2C(=O)CCCCc2cc3c(cc2OC(=O)C(C)(C)C)Oc2cc(C(=O)OC(C)(C)C)ccc2C32OC(=O)c3ccccc32)(c2ccccc2)c2ccc(OC)cc2)cc1. The van der Waals surface area contributed by atoms with E-state index in [1.165, 1.54) is 0 Å². The van der Waals surface area contributed by atoms with Crippen LogP contribution in [-0.4, -0.2) is 97.2 Å². The number of hydrogen-bond acceptors (Lipinski definition) is 15. The maximum atomic E-state index is 15.2. The Balaban J connectivity index is 1.05. The van der Waals surface area contributed by atoms with Crippen molar-refractivity contribution in [2.24, 2.45) is 5.41 Å². The van der Waals surface area contributed by atoms with Gasteiger partial charge in [0.2, 0.25) is 5.91 Å². The Labute approximate surface area is 512 Å². The van der Waals surface area contributed by atoms with E-state index in [9.17, 15) is 19.6 Å². The fourth-order valence-electron chi connectivity index (χ4n) is 11.6. The molecule has 0 aliphatic carbocycles. The minimum atomic E-state index is -1.65. The summed E-state index contributed by atoms with van der Waals surface area (Å²) < 4.78 is 59.4. The number of amides is 1. The fourth-order valence-corrected chi connectivity index (χ4v) is 13.3. The quantitative estimate of drug-likeness (QED) is 0.0194. The molecule has 0 saturated carbocycles. The average molecular weight is 1200 g/mol. The molecule has 1 amide bonds. The third-order valence-corrected chi connectivity index (χ3v) is 17.9. The van der Waals surface area contributed by atoms with Crippen LogP contribution in [0.1, 0.15) is 161 Å². The van der Waals surface area contributed by atoms with Gasteiger partial charge < -0.3 is 47.1 Å². The lowest BCUT2D eigenvalue weighted by Crippen LogP contribution is -2.42. The van der Waals surface area contributed by atoms with Gasteiger partial charge in [-0.15, -0.1) is 0 Å². The molecular weight excluding hydrogens is 1120 g/mol. The number of unbranched alkanes of at least 4 members (excludes halogenated alkanes) is 1. The number of fused-ring (bicyclic) bond motifs is 6. The Morgan fingerprint density at radius 2 is 1.38 bits per heavy atom. The minimum Gasteiger partial charge on any atom is -0.497 e. The van der Waals surface area contributed by atoms with Crippen molar-refractivity contribution in [3.05, 3.63) is 184 Å². The minimum absolute atomic E-state index is 0.0569. The molecule has 3 aliphatic heterocycles. The van der Waals surface area contributed by atoms with Crippen LogP contribution in [0.15, 0.2) is 133 Å². The van der Waals surface area contributed by atoms with Crippen molar-refractivity contribution in [2.45, 2.75) is 149 Å². The highest BCUT2D eigenvalue weighted by atomic mass is 31.2. The molecule has 2 unspecified atom stereocenters. The first kappa shape index (κ1) is 63.9. The Morgan fingerprint density at radius 1 is 0.759 bits per heavy atom. The van der Waals surface area contributed by atoms with Crippen LogP contribution in [0.3, 0.4) is 0 Å². The summed E-state index contributed by atoms with van der Waals surface area (Å²) in [6.07, 6.45) is 1.64. The summed E-state index contributed by atoms with van der Waals surface area (Å²) in [6, 6.07) is 43.2. The van der Waals surface area contributed by atoms with E-state index >= 15 is 4.79 Å². The molecule has 0 aromatic heterocycles. The molecule has 16 nitrogen and oxygen atoms in total. The molecule has 0 N–H and O–H groups in total. The lowest BCUT2D eigenvalue weighted by Gasteiger charge is -2.38. The van der Waals surface area contributed by atoms with Gasteiger partial charge in [-0.1, -0.05) is 72.8 Å². The highest BCUT2D eigenvalue weighted by molar-refractivity contribution is 7.44. The second-order valence-electron chi connectivity index (χ2n) is 24.8. The molecule has 1 fully saturated rings. The van der Waals surface area contributed by atoms with Crippen molar-refractivity contribution in [2.75, 3.05) is 34.0 Å². The average Bonchev–Trinajstić information content (AvgIpc) is 1.67. The number of nitrogens with zero attached hydrogens (tertiary/aromatic N) is 3. The van der Waals surface area contributed by atoms with Crippen molar-refractivity contribution in [1.82, 2.24) is 9.57 Å². The van der Waals surface area contributed by atoms with Gasteiger partial charge in [-0.3, -0.25) is 9.59 Å². The summed E-state index contributed by atoms with van der Waals surface area (Å²) in [5.41, 5.74) is 1.09. The molecule has 17 heteroatoms. The van der Waals surface area contributed by atoms with Crippen molar-refractivity contribution < 1.29 is 61.4 Å². The maximum absolute atomic E-state index is 15.2. The predicted octanol–water partition coefficient (Wildman–Crippen LogP) is 14.2. The Hall–Kier alpha value is -7.64. The number of esters is 3. The maximum Gasteiger partial charge on any atom is 0.340 e. The zero-order chi connectivity index (χ0) is 62.4. The first-order chi connectivity index (χ1) is 41.5. The number of benzene rings is 6. The van der Waals surface area contributed by atoms with Crippen LogP contribution in [0.2, 0.25) is 0 Å². The second-order valence-corrected chi connectivity index (χ2v) is 26.2. The van der Waals surface area contributed by atoms with Crippen molar-refractivity contribution in [3.63, 3.8) is 0 Å². The Bertz CT molecular complexity index is 3420. The number of likely N-dealkylation sites (tertiary alicyclic amines) is 1. The van der Waals surface area contributed by atoms with Gasteiger partial charge in [-0.2, -0.15) is 5.26 Å². The van der Waals surface area contributed by atoms with E-state index in [4.69, 9.17) is 42.2 Å². The monoisotopic (exact) mass is 1200 g/mol. The Morgan fingerprint density at radius 3 is 1.99 bits per heavy atom. The van der Waals surface area contributed by atoms with Gasteiger partial charge in [-0.25, -0.2) is 14.3 Å². The van der Waals surface area contributed by atoms with Crippen molar-refractivity contribution in [3.8, 4) is 34.8 Å². The molecule has 3 aliphatic rings. The zero-order valence-corrected chi connectivity index (χ0v) is 52.9. The number of aryl methyl sites for hydroxylation is 1. The molecule has 3 heterocycles. The fraction of sp³-hybridized carbons (Fsp3) is 0.414. The van der Waals surface area contributed by atoms with E-state index in [1.54, 1.807) is 92.2 Å². The first-order valence-corrected chi connectivity index (χ1v) is 31.0. The largest absolute Gasteiger partial charge is 0.497 e. The highest BCUT2D eigenvalue weighted by Gasteiger charge is 2.54. The van der Waals surface area contributed by atoms with Crippen LogP contribution in [-0.2, 0) is 50.5 Å². The van der Waals surface area contributed by atoms with Gasteiger partial charge in [0.25, 0.3) is 8.53 Å². The van der Waals surface area contributed by atoms with Gasteiger partial charge in [0.15, 0.2) is 5.60 Å². The van der Waals surface area contributed by atoms with Crippen LogP contribution in [0, 0.1) is 16.7 Å². The van der Waals surface area contributed by atoms with Crippen LogP contribution in [0.4, 0.5) is 0 Å². The molecule has 1 saturated heterocycles. The van der Waals surface area contributed by atoms with Gasteiger partial charge in [0.05, 0.1) is 68.6 Å². The summed E-state index contributed by atoms with van der Waals surface area (Å²) in [7, 11) is 1.61. The summed E-state index contributed by atoms with van der Waals surface area (Å²) in [5.74, 6) is 0.490. The number of carbonyl (C=O) groups excluding carboxylic acids is 4. The molecule has 1 spiro atoms. The van der Waals surface area contributed by atoms with Crippen molar-refractivity contribution >= 4 is 32.3 Å². The summed E-state index contributed by atoms with van der Waals surface area (Å²) in [5, 5.41) is 9.52. The number of methoxy groups -OCH3 is 2. The van der Waals surface area contributed by atoms with E-state index in [0.29, 0.717) is 65.0 Å². The molecule has 0 radical (unpaired) electrons. The van der Waals surface area contributed by atoms with E-state index in [0.717, 1.165) is 16.7 Å². The normalized spacial score (nSPS) is 17.5. The number of carbonyl (C=O) groups is 4. The summed E-state index contributed by atoms with van der Waals surface area (Å²) in [4.78, 5) is 58.3. The topological polar surface area (TPSA) is 182 Å². The number of ether oxygens (including phenoxy) is 7. The molecule has 87 heavy (non-hydrogen) atoms. The number of nitriles is 1. The van der Waals surface area contributed by atoms with E-state index in [2.05, 4.69) is 38.4 Å². The zero-order valence-electron chi connectivity index (χ0n) is 52.0. The first-order valence-electron chi connectivity index (χ1n) is 29.8. The van der Waals surface area contributed by atoms with E-state index in [-0.39, 0.29) is 73.4 Å². The van der Waals surface area contributed by atoms with Crippen LogP contribution in [0.5, 0.6) is 28.7 Å². The summed E-state index contributed by atoms with van der Waals surface area (Å²) >= 11 is 0. The Kier molecular flexibility index (Phi) is 19.6. The molecular formula is C70H80N3O13P. The van der Waals surface area contributed by atoms with Gasteiger partial charge in [-0.05, 0) is 172 Å². The lowest BCUT2D eigenvalue weighted by molar-refractivity contribution is -0.143. The number of hydrogen-bond donors (Lipinski definition) is 0. The third-order valence-electron chi connectivity index (χ3n) is 15.7. The molecule has 458 valence electrons. The van der Waals surface area contributed by atoms with Gasteiger partial charge in [0.1, 0.15) is 39.9 Å². The second kappa shape index (κ2) is 26.8. The summed E-state index contributed by atoms with van der Waals surface area (Å²) in [6.45, 7) is 19.6. The van der Waals surface area contributed by atoms with E-state index < -0.39 is 60.8 Å². The smallest absolute Gasteiger partial charge is 0.340 e.